The number of anilines is 1. The second-order valence-corrected chi connectivity index (χ2v) is 7.59. The number of fused-ring (bicyclic) bond motifs is 1. The third-order valence-corrected chi connectivity index (χ3v) is 4.98. The number of carbonyl (C=O) groups excluding carboxylic acids is 3. The highest BCUT2D eigenvalue weighted by Gasteiger charge is 2.32. The normalized spacial score (nSPS) is 18.6. The molecule has 0 radical (unpaired) electrons. The Labute approximate surface area is 161 Å². The molecule has 1 aliphatic carbocycles. The number of carbonyl (C=O) groups is 3. The van der Waals surface area contributed by atoms with Gasteiger partial charge in [0.2, 0.25) is 5.91 Å². The van der Waals surface area contributed by atoms with Gasteiger partial charge < -0.3 is 10.1 Å². The molecule has 0 aromatic heterocycles. The van der Waals surface area contributed by atoms with Crippen LogP contribution < -0.4 is 5.32 Å². The molecule has 7 nitrogen and oxygen atoms in total. The minimum atomic E-state index is -0.438. The first-order valence-corrected chi connectivity index (χ1v) is 9.84. The van der Waals surface area contributed by atoms with Crippen LogP contribution >= 0.6 is 11.8 Å². The standard InChI is InChI=1S/C19H21N3O4S/c1-11(2)26-18(25)12-5-3-6-13(9-12)20-16(23)10-27-19-21-15-8-4-7-14(15)17(24)22-19/h3,5-6,9,11,14H,4,7-8,10H2,1-2H3,(H,20,23). The van der Waals surface area contributed by atoms with E-state index in [0.29, 0.717) is 16.4 Å². The molecule has 1 aromatic carbocycles. The molecule has 1 atom stereocenters. The number of nitrogens with one attached hydrogen (secondary N) is 1. The Morgan fingerprint density at radius 1 is 1.33 bits per heavy atom. The van der Waals surface area contributed by atoms with Gasteiger partial charge in [0.25, 0.3) is 5.91 Å². The first-order chi connectivity index (χ1) is 12.9. The lowest BCUT2D eigenvalue weighted by molar-refractivity contribution is -0.119. The largest absolute Gasteiger partial charge is 0.459 e. The number of rotatable bonds is 5. The summed E-state index contributed by atoms with van der Waals surface area (Å²) in [5.74, 6) is -0.937. The molecule has 142 valence electrons. The highest BCUT2D eigenvalue weighted by atomic mass is 32.2. The Morgan fingerprint density at radius 3 is 2.93 bits per heavy atom. The van der Waals surface area contributed by atoms with Crippen LogP contribution in [0.2, 0.25) is 0 Å². The molecule has 3 rings (SSSR count). The Morgan fingerprint density at radius 2 is 2.15 bits per heavy atom. The molecule has 2 amide bonds. The van der Waals surface area contributed by atoms with Gasteiger partial charge in [0.05, 0.1) is 23.3 Å². The predicted octanol–water partition coefficient (Wildman–Crippen LogP) is 3.06. The van der Waals surface area contributed by atoms with Crippen molar-refractivity contribution in [3.8, 4) is 0 Å². The minimum Gasteiger partial charge on any atom is -0.459 e. The summed E-state index contributed by atoms with van der Waals surface area (Å²) in [5, 5.41) is 3.08. The number of hydrogen-bond donors (Lipinski definition) is 1. The van der Waals surface area contributed by atoms with Gasteiger partial charge in [-0.2, -0.15) is 4.99 Å². The Kier molecular flexibility index (Phi) is 6.05. The van der Waals surface area contributed by atoms with Crippen molar-refractivity contribution in [3.63, 3.8) is 0 Å². The number of aliphatic imine (C=N–C) groups is 2. The van der Waals surface area contributed by atoms with Crippen molar-refractivity contribution in [3.05, 3.63) is 29.8 Å². The van der Waals surface area contributed by atoms with Gasteiger partial charge in [0, 0.05) is 11.4 Å². The topological polar surface area (TPSA) is 97.2 Å². The van der Waals surface area contributed by atoms with E-state index in [-0.39, 0.29) is 29.6 Å². The second kappa shape index (κ2) is 8.47. The fourth-order valence-corrected chi connectivity index (χ4v) is 3.61. The molecular weight excluding hydrogens is 366 g/mol. The van der Waals surface area contributed by atoms with Crippen LogP contribution in [0.5, 0.6) is 0 Å². The van der Waals surface area contributed by atoms with Gasteiger partial charge in [-0.1, -0.05) is 17.8 Å². The molecule has 0 spiro atoms. The summed E-state index contributed by atoms with van der Waals surface area (Å²) in [6.07, 6.45) is 2.38. The maximum atomic E-state index is 12.2. The van der Waals surface area contributed by atoms with E-state index < -0.39 is 5.97 Å². The van der Waals surface area contributed by atoms with Crippen LogP contribution in [0.25, 0.3) is 0 Å². The van der Waals surface area contributed by atoms with Crippen molar-refractivity contribution >= 4 is 46.1 Å². The molecule has 0 saturated heterocycles. The number of ether oxygens (including phenoxy) is 1. The van der Waals surface area contributed by atoms with E-state index in [4.69, 9.17) is 4.74 Å². The van der Waals surface area contributed by atoms with E-state index in [1.165, 1.54) is 0 Å². The summed E-state index contributed by atoms with van der Waals surface area (Å²) >= 11 is 1.13. The van der Waals surface area contributed by atoms with Crippen LogP contribution in [-0.2, 0) is 14.3 Å². The molecule has 2 aliphatic rings. The number of benzene rings is 1. The third kappa shape index (κ3) is 5.03. The van der Waals surface area contributed by atoms with Gasteiger partial charge in [-0.15, -0.1) is 0 Å². The van der Waals surface area contributed by atoms with Crippen molar-refractivity contribution in [1.29, 1.82) is 0 Å². The smallest absolute Gasteiger partial charge is 0.338 e. The summed E-state index contributed by atoms with van der Waals surface area (Å²) in [4.78, 5) is 44.5. The van der Waals surface area contributed by atoms with Crippen LogP contribution in [0, 0.1) is 5.92 Å². The maximum absolute atomic E-state index is 12.2. The average molecular weight is 387 g/mol. The van der Waals surface area contributed by atoms with Crippen LogP contribution in [0.4, 0.5) is 5.69 Å². The third-order valence-electron chi connectivity index (χ3n) is 4.13. The monoisotopic (exact) mass is 387 g/mol. The second-order valence-electron chi connectivity index (χ2n) is 6.65. The zero-order chi connectivity index (χ0) is 19.4. The molecule has 0 bridgehead atoms. The van der Waals surface area contributed by atoms with Gasteiger partial charge in [0.1, 0.15) is 0 Å². The molecule has 27 heavy (non-hydrogen) atoms. The Bertz CT molecular complexity index is 832. The summed E-state index contributed by atoms with van der Waals surface area (Å²) in [6.45, 7) is 3.55. The molecule has 8 heteroatoms. The maximum Gasteiger partial charge on any atom is 0.338 e. The van der Waals surface area contributed by atoms with Gasteiger partial charge in [-0.25, -0.2) is 9.79 Å². The van der Waals surface area contributed by atoms with E-state index in [0.717, 1.165) is 36.7 Å². The lowest BCUT2D eigenvalue weighted by atomic mass is 10.1. The molecule has 1 aliphatic heterocycles. The molecule has 1 N–H and O–H groups in total. The van der Waals surface area contributed by atoms with E-state index in [9.17, 15) is 14.4 Å². The fourth-order valence-electron chi connectivity index (χ4n) is 2.95. The Hall–Kier alpha value is -2.48. The van der Waals surface area contributed by atoms with Gasteiger partial charge in [-0.3, -0.25) is 9.59 Å². The van der Waals surface area contributed by atoms with E-state index in [1.54, 1.807) is 38.1 Å². The first kappa shape index (κ1) is 19.3. The number of esters is 1. The van der Waals surface area contributed by atoms with Crippen molar-refractivity contribution in [2.45, 2.75) is 39.2 Å². The van der Waals surface area contributed by atoms with Crippen molar-refractivity contribution in [1.82, 2.24) is 0 Å². The number of nitrogens with zero attached hydrogens (tertiary/aromatic N) is 2. The van der Waals surface area contributed by atoms with Crippen molar-refractivity contribution < 1.29 is 19.1 Å². The zero-order valence-electron chi connectivity index (χ0n) is 15.2. The van der Waals surface area contributed by atoms with Gasteiger partial charge >= 0.3 is 5.97 Å². The fraction of sp³-hybridized carbons (Fsp3) is 0.421. The van der Waals surface area contributed by atoms with Crippen molar-refractivity contribution in [2.24, 2.45) is 15.9 Å². The molecule has 1 saturated carbocycles. The number of amidine groups is 1. The summed E-state index contributed by atoms with van der Waals surface area (Å²) in [5.41, 5.74) is 1.76. The first-order valence-electron chi connectivity index (χ1n) is 8.86. The number of amides is 2. The van der Waals surface area contributed by atoms with Crippen molar-refractivity contribution in [2.75, 3.05) is 11.1 Å². The lowest BCUT2D eigenvalue weighted by Gasteiger charge is -2.13. The SMILES string of the molecule is CC(C)OC(=O)c1cccc(NC(=O)CSC2=NC(=O)C3CCCC3=N2)c1. The van der Waals surface area contributed by atoms with E-state index in [1.807, 2.05) is 0 Å². The summed E-state index contributed by atoms with van der Waals surface area (Å²) < 4.78 is 5.15. The van der Waals surface area contributed by atoms with E-state index >= 15 is 0 Å². The minimum absolute atomic E-state index is 0.0776. The Balaban J connectivity index is 1.55. The molecule has 1 aromatic rings. The van der Waals surface area contributed by atoms with Crippen LogP contribution in [0.1, 0.15) is 43.5 Å². The molecular formula is C19H21N3O4S. The summed E-state index contributed by atoms with van der Waals surface area (Å²) in [7, 11) is 0. The average Bonchev–Trinajstić information content (AvgIpc) is 3.09. The number of hydrogen-bond acceptors (Lipinski definition) is 6. The molecule has 1 fully saturated rings. The molecule has 1 unspecified atom stereocenters. The highest BCUT2D eigenvalue weighted by molar-refractivity contribution is 8.14. The zero-order valence-corrected chi connectivity index (χ0v) is 16.0. The van der Waals surface area contributed by atoms with Crippen LogP contribution in [-0.4, -0.2) is 40.5 Å². The summed E-state index contributed by atoms with van der Waals surface area (Å²) in [6, 6.07) is 6.57. The van der Waals surface area contributed by atoms with Gasteiger partial charge in [-0.05, 0) is 51.3 Å². The highest BCUT2D eigenvalue weighted by Crippen LogP contribution is 2.28. The molecule has 1 heterocycles. The quantitative estimate of drug-likeness (QED) is 0.783. The van der Waals surface area contributed by atoms with Crippen LogP contribution in [0.15, 0.2) is 34.3 Å². The van der Waals surface area contributed by atoms with E-state index in [2.05, 4.69) is 15.3 Å². The predicted molar refractivity (Wildman–Crippen MR) is 105 cm³/mol. The number of thioether (sulfide) groups is 1. The van der Waals surface area contributed by atoms with Gasteiger partial charge in [0.15, 0.2) is 5.17 Å². The van der Waals surface area contributed by atoms with Crippen LogP contribution in [0.3, 0.4) is 0 Å². The lowest BCUT2D eigenvalue weighted by Crippen LogP contribution is -2.24.